The highest BCUT2D eigenvalue weighted by atomic mass is 16.5. The molecule has 106 valence electrons. The molecule has 0 aromatic heterocycles. The molecular formula is C17H32O. The molecule has 0 radical (unpaired) electrons. The van der Waals surface area contributed by atoms with Crippen molar-refractivity contribution in [2.24, 2.45) is 17.3 Å². The number of hydrogen-bond acceptors (Lipinski definition) is 1. The van der Waals surface area contributed by atoms with Crippen molar-refractivity contribution >= 4 is 0 Å². The first-order chi connectivity index (χ1) is 8.54. The van der Waals surface area contributed by atoms with Crippen LogP contribution in [0.3, 0.4) is 0 Å². The van der Waals surface area contributed by atoms with E-state index in [-0.39, 0.29) is 5.60 Å². The van der Waals surface area contributed by atoms with E-state index in [9.17, 15) is 0 Å². The second kappa shape index (κ2) is 5.53. The van der Waals surface area contributed by atoms with Crippen molar-refractivity contribution < 1.29 is 4.74 Å². The minimum absolute atomic E-state index is 0.0905. The Morgan fingerprint density at radius 2 is 1.61 bits per heavy atom. The van der Waals surface area contributed by atoms with Gasteiger partial charge in [0, 0.05) is 7.11 Å². The minimum Gasteiger partial charge on any atom is -0.378 e. The van der Waals surface area contributed by atoms with Gasteiger partial charge in [0.1, 0.15) is 0 Å². The van der Waals surface area contributed by atoms with Crippen molar-refractivity contribution in [1.82, 2.24) is 0 Å². The van der Waals surface area contributed by atoms with E-state index in [2.05, 4.69) is 20.8 Å². The summed E-state index contributed by atoms with van der Waals surface area (Å²) in [6.45, 7) is 7.39. The lowest BCUT2D eigenvalue weighted by Crippen LogP contribution is -2.55. The maximum absolute atomic E-state index is 6.19. The first-order valence-corrected chi connectivity index (χ1v) is 8.10. The van der Waals surface area contributed by atoms with Crippen LogP contribution in [0.2, 0.25) is 0 Å². The quantitative estimate of drug-likeness (QED) is 0.672. The molecule has 0 aromatic rings. The van der Waals surface area contributed by atoms with Gasteiger partial charge in [-0.2, -0.15) is 0 Å². The standard InChI is InChI=1S/C17H32O/c1-14-10-8-9-13-16(14,2)17(3,18-4)15-11-6-5-7-12-15/h14-15H,5-13H2,1-4H3. The van der Waals surface area contributed by atoms with Crippen molar-refractivity contribution in [2.75, 3.05) is 7.11 Å². The second-order valence-electron chi connectivity index (χ2n) is 7.21. The van der Waals surface area contributed by atoms with E-state index < -0.39 is 0 Å². The van der Waals surface area contributed by atoms with Crippen LogP contribution in [-0.4, -0.2) is 12.7 Å². The molecule has 3 atom stereocenters. The molecule has 0 bridgehead atoms. The molecule has 18 heavy (non-hydrogen) atoms. The van der Waals surface area contributed by atoms with Crippen molar-refractivity contribution in [3.8, 4) is 0 Å². The summed E-state index contributed by atoms with van der Waals surface area (Å²) in [5.74, 6) is 1.58. The van der Waals surface area contributed by atoms with Gasteiger partial charge >= 0.3 is 0 Å². The van der Waals surface area contributed by atoms with Gasteiger partial charge in [0.25, 0.3) is 0 Å². The maximum Gasteiger partial charge on any atom is 0.0734 e. The monoisotopic (exact) mass is 252 g/mol. The number of rotatable bonds is 3. The fourth-order valence-electron chi connectivity index (χ4n) is 4.76. The summed E-state index contributed by atoms with van der Waals surface area (Å²) in [6.07, 6.45) is 12.6. The van der Waals surface area contributed by atoms with Crippen molar-refractivity contribution in [2.45, 2.75) is 84.2 Å². The van der Waals surface area contributed by atoms with Gasteiger partial charge < -0.3 is 4.74 Å². The summed E-state index contributed by atoms with van der Waals surface area (Å²) in [6, 6.07) is 0. The van der Waals surface area contributed by atoms with E-state index in [4.69, 9.17) is 4.74 Å². The first kappa shape index (κ1) is 14.4. The molecule has 0 saturated heterocycles. The Morgan fingerprint density at radius 1 is 1.00 bits per heavy atom. The van der Waals surface area contributed by atoms with E-state index >= 15 is 0 Å². The van der Waals surface area contributed by atoms with Gasteiger partial charge in [0.05, 0.1) is 5.60 Å². The Morgan fingerprint density at radius 3 is 2.17 bits per heavy atom. The van der Waals surface area contributed by atoms with E-state index in [1.165, 1.54) is 57.8 Å². The lowest BCUT2D eigenvalue weighted by atomic mass is 9.54. The zero-order chi connectivity index (χ0) is 13.2. The molecule has 1 nitrogen and oxygen atoms in total. The highest BCUT2D eigenvalue weighted by Crippen LogP contribution is 2.55. The lowest BCUT2D eigenvalue weighted by Gasteiger charge is -2.56. The molecule has 0 heterocycles. The topological polar surface area (TPSA) is 9.23 Å². The maximum atomic E-state index is 6.19. The Balaban J connectivity index is 2.23. The van der Waals surface area contributed by atoms with Crippen LogP contribution in [0.1, 0.15) is 78.6 Å². The SMILES string of the molecule is COC(C)(C1CCCCC1)C1(C)CCCCC1C. The summed E-state index contributed by atoms with van der Waals surface area (Å²) in [5, 5.41) is 0. The Labute approximate surface area is 114 Å². The number of hydrogen-bond donors (Lipinski definition) is 0. The molecule has 3 unspecified atom stereocenters. The van der Waals surface area contributed by atoms with Crippen molar-refractivity contribution in [3.63, 3.8) is 0 Å². The van der Waals surface area contributed by atoms with Gasteiger partial charge in [-0.1, -0.05) is 52.4 Å². The number of methoxy groups -OCH3 is 1. The van der Waals surface area contributed by atoms with Gasteiger partial charge in [0.2, 0.25) is 0 Å². The van der Waals surface area contributed by atoms with E-state index in [0.29, 0.717) is 5.41 Å². The fourth-order valence-corrected chi connectivity index (χ4v) is 4.76. The van der Waals surface area contributed by atoms with Crippen LogP contribution in [0.4, 0.5) is 0 Å². The largest absolute Gasteiger partial charge is 0.378 e. The third-order valence-corrected chi connectivity index (χ3v) is 6.61. The molecule has 2 saturated carbocycles. The van der Waals surface area contributed by atoms with Gasteiger partial charge in [-0.05, 0) is 43.4 Å². The molecule has 0 aromatic carbocycles. The minimum atomic E-state index is 0.0905. The van der Waals surface area contributed by atoms with E-state index in [1.807, 2.05) is 7.11 Å². The van der Waals surface area contributed by atoms with Crippen molar-refractivity contribution in [1.29, 1.82) is 0 Å². The van der Waals surface area contributed by atoms with Crippen LogP contribution in [-0.2, 0) is 4.74 Å². The summed E-state index contributed by atoms with van der Waals surface area (Å²) >= 11 is 0. The Hall–Kier alpha value is -0.0400. The van der Waals surface area contributed by atoms with Crippen molar-refractivity contribution in [3.05, 3.63) is 0 Å². The van der Waals surface area contributed by atoms with Crippen LogP contribution < -0.4 is 0 Å². The average molecular weight is 252 g/mol. The molecule has 2 aliphatic rings. The van der Waals surface area contributed by atoms with Gasteiger partial charge in [-0.15, -0.1) is 0 Å². The molecule has 0 spiro atoms. The van der Waals surface area contributed by atoms with Gasteiger partial charge in [-0.25, -0.2) is 0 Å². The smallest absolute Gasteiger partial charge is 0.0734 e. The van der Waals surface area contributed by atoms with Crippen LogP contribution in [0.15, 0.2) is 0 Å². The first-order valence-electron chi connectivity index (χ1n) is 8.10. The number of ether oxygens (including phenoxy) is 1. The normalized spacial score (nSPS) is 38.3. The summed E-state index contributed by atoms with van der Waals surface area (Å²) in [4.78, 5) is 0. The van der Waals surface area contributed by atoms with Crippen LogP contribution in [0.25, 0.3) is 0 Å². The molecule has 2 rings (SSSR count). The highest BCUT2D eigenvalue weighted by Gasteiger charge is 2.53. The molecule has 1 heteroatoms. The predicted molar refractivity (Wildman–Crippen MR) is 77.7 cm³/mol. The Kier molecular flexibility index (Phi) is 4.41. The summed E-state index contributed by atoms with van der Waals surface area (Å²) < 4.78 is 6.19. The van der Waals surface area contributed by atoms with E-state index in [0.717, 1.165) is 11.8 Å². The van der Waals surface area contributed by atoms with Crippen LogP contribution in [0, 0.1) is 17.3 Å². The average Bonchev–Trinajstić information content (AvgIpc) is 2.42. The van der Waals surface area contributed by atoms with Gasteiger partial charge in [-0.3, -0.25) is 0 Å². The molecular weight excluding hydrogens is 220 g/mol. The molecule has 0 N–H and O–H groups in total. The van der Waals surface area contributed by atoms with Gasteiger partial charge in [0.15, 0.2) is 0 Å². The molecule has 0 aliphatic heterocycles. The molecule has 2 aliphatic carbocycles. The molecule has 0 amide bonds. The predicted octanol–water partition coefficient (Wildman–Crippen LogP) is 5.19. The second-order valence-corrected chi connectivity index (χ2v) is 7.21. The summed E-state index contributed by atoms with van der Waals surface area (Å²) in [7, 11) is 1.96. The lowest BCUT2D eigenvalue weighted by molar-refractivity contribution is -0.172. The van der Waals surface area contributed by atoms with E-state index in [1.54, 1.807) is 0 Å². The third kappa shape index (κ3) is 2.24. The molecule has 2 fully saturated rings. The summed E-state index contributed by atoms with van der Waals surface area (Å²) in [5.41, 5.74) is 0.468. The van der Waals surface area contributed by atoms with Crippen LogP contribution in [0.5, 0.6) is 0 Å². The zero-order valence-corrected chi connectivity index (χ0v) is 12.9. The highest BCUT2D eigenvalue weighted by molar-refractivity contribution is 5.03. The zero-order valence-electron chi connectivity index (χ0n) is 12.9. The fraction of sp³-hybridized carbons (Fsp3) is 1.00. The third-order valence-electron chi connectivity index (χ3n) is 6.61. The van der Waals surface area contributed by atoms with Crippen LogP contribution >= 0.6 is 0 Å². The Bertz CT molecular complexity index is 269.